The van der Waals surface area contributed by atoms with E-state index in [0.717, 1.165) is 11.5 Å². The molecule has 0 saturated heterocycles. The molecule has 3 nitrogen and oxygen atoms in total. The molecule has 0 atom stereocenters. The van der Waals surface area contributed by atoms with Crippen molar-refractivity contribution in [3.63, 3.8) is 0 Å². The quantitative estimate of drug-likeness (QED) is 0.894. The van der Waals surface area contributed by atoms with Gasteiger partial charge in [0.25, 0.3) is 0 Å². The van der Waals surface area contributed by atoms with Gasteiger partial charge in [0.05, 0.1) is 0 Å². The van der Waals surface area contributed by atoms with Gasteiger partial charge >= 0.3 is 0 Å². The maximum atomic E-state index is 4.63. The average molecular weight is 241 g/mol. The van der Waals surface area contributed by atoms with E-state index in [4.69, 9.17) is 0 Å². The molecule has 0 bridgehead atoms. The highest BCUT2D eigenvalue weighted by Crippen LogP contribution is 2.33. The van der Waals surface area contributed by atoms with Crippen LogP contribution >= 0.6 is 0 Å². The maximum absolute atomic E-state index is 4.63. The number of aryl methyl sites for hydroxylation is 1. The van der Waals surface area contributed by atoms with Gasteiger partial charge in [-0.2, -0.15) is 0 Å². The van der Waals surface area contributed by atoms with E-state index in [1.54, 1.807) is 0 Å². The van der Waals surface area contributed by atoms with E-state index in [9.17, 15) is 0 Å². The summed E-state index contributed by atoms with van der Waals surface area (Å²) < 4.78 is 0. The Morgan fingerprint density at radius 2 is 2.00 bits per heavy atom. The fourth-order valence-corrected chi connectivity index (χ4v) is 2.30. The number of hydrogen-bond donors (Lipinski definition) is 1. The molecule has 94 valence electrons. The van der Waals surface area contributed by atoms with Crippen molar-refractivity contribution in [1.82, 2.24) is 4.98 Å². The maximum Gasteiger partial charge on any atom is 0.136 e. The Kier molecular flexibility index (Phi) is 2.62. The molecule has 3 rings (SSSR count). The fourth-order valence-electron chi connectivity index (χ4n) is 2.30. The minimum Gasteiger partial charge on any atom is -0.382 e. The largest absolute Gasteiger partial charge is 0.382 e. The van der Waals surface area contributed by atoms with Gasteiger partial charge in [-0.15, -0.1) is 0 Å². The number of nitrogens with one attached hydrogen (secondary N) is 1. The molecular formula is C15H19N3. The summed E-state index contributed by atoms with van der Waals surface area (Å²) in [6, 6.07) is 9.27. The normalized spacial score (nSPS) is 14.8. The Balaban J connectivity index is 2.19. The van der Waals surface area contributed by atoms with E-state index >= 15 is 0 Å². The van der Waals surface area contributed by atoms with Crippen LogP contribution in [0, 0.1) is 6.92 Å². The Labute approximate surface area is 108 Å². The molecule has 1 saturated carbocycles. The van der Waals surface area contributed by atoms with Crippen LogP contribution in [0.15, 0.2) is 24.3 Å². The number of hydrogen-bond acceptors (Lipinski definition) is 3. The molecule has 2 aromatic rings. The molecule has 1 N–H and O–H groups in total. The third-order valence-corrected chi connectivity index (χ3v) is 3.34. The third-order valence-electron chi connectivity index (χ3n) is 3.34. The first kappa shape index (κ1) is 11.3. The molecule has 1 aromatic heterocycles. The van der Waals surface area contributed by atoms with Gasteiger partial charge in [0, 0.05) is 42.3 Å². The van der Waals surface area contributed by atoms with E-state index in [1.165, 1.54) is 29.3 Å². The van der Waals surface area contributed by atoms with E-state index in [1.807, 2.05) is 14.1 Å². The van der Waals surface area contributed by atoms with Crippen LogP contribution in [0.3, 0.4) is 0 Å². The van der Waals surface area contributed by atoms with Crippen molar-refractivity contribution in [2.45, 2.75) is 25.8 Å². The van der Waals surface area contributed by atoms with Crippen LogP contribution in [0.1, 0.15) is 18.5 Å². The van der Waals surface area contributed by atoms with E-state index in [0.29, 0.717) is 6.04 Å². The first-order valence-corrected chi connectivity index (χ1v) is 6.49. The first-order chi connectivity index (χ1) is 8.65. The third kappa shape index (κ3) is 2.01. The van der Waals surface area contributed by atoms with Crippen LogP contribution in [-0.2, 0) is 0 Å². The molecule has 1 heterocycles. The van der Waals surface area contributed by atoms with Crippen molar-refractivity contribution in [3.05, 3.63) is 30.0 Å². The molecule has 0 spiro atoms. The predicted octanol–water partition coefficient (Wildman–Crippen LogP) is 3.18. The number of aromatic nitrogens is 1. The van der Waals surface area contributed by atoms with Crippen molar-refractivity contribution < 1.29 is 0 Å². The van der Waals surface area contributed by atoms with Crippen molar-refractivity contribution >= 4 is 22.3 Å². The molecule has 0 unspecified atom stereocenters. The SMILES string of the molecule is Cc1cc2c(NC3CC3)cccc2c(N(C)C)n1. The van der Waals surface area contributed by atoms with Crippen LogP contribution in [0.4, 0.5) is 11.5 Å². The molecule has 0 amide bonds. The fraction of sp³-hybridized carbons (Fsp3) is 0.400. The minimum absolute atomic E-state index is 0.673. The molecule has 0 radical (unpaired) electrons. The van der Waals surface area contributed by atoms with Gasteiger partial charge < -0.3 is 10.2 Å². The lowest BCUT2D eigenvalue weighted by Crippen LogP contribution is -2.12. The average Bonchev–Trinajstić information content (AvgIpc) is 3.13. The number of anilines is 2. The Bertz CT molecular complexity index is 586. The molecular weight excluding hydrogens is 222 g/mol. The van der Waals surface area contributed by atoms with E-state index in [-0.39, 0.29) is 0 Å². The highest BCUT2D eigenvalue weighted by Gasteiger charge is 2.21. The highest BCUT2D eigenvalue weighted by molar-refractivity contribution is 6.00. The monoisotopic (exact) mass is 241 g/mol. The van der Waals surface area contributed by atoms with Crippen LogP contribution in [0.2, 0.25) is 0 Å². The molecule has 1 aromatic carbocycles. The van der Waals surface area contributed by atoms with Gasteiger partial charge in [-0.25, -0.2) is 4.98 Å². The van der Waals surface area contributed by atoms with Gasteiger partial charge in [0.1, 0.15) is 5.82 Å². The van der Waals surface area contributed by atoms with Crippen molar-refractivity contribution in [2.75, 3.05) is 24.3 Å². The van der Waals surface area contributed by atoms with Crippen molar-refractivity contribution in [2.24, 2.45) is 0 Å². The Hall–Kier alpha value is -1.77. The second-order valence-corrected chi connectivity index (χ2v) is 5.30. The Morgan fingerprint density at radius 3 is 2.67 bits per heavy atom. The minimum atomic E-state index is 0.673. The number of benzene rings is 1. The van der Waals surface area contributed by atoms with E-state index < -0.39 is 0 Å². The lowest BCUT2D eigenvalue weighted by molar-refractivity contribution is 1.06. The van der Waals surface area contributed by atoms with Crippen molar-refractivity contribution in [1.29, 1.82) is 0 Å². The van der Waals surface area contributed by atoms with Gasteiger partial charge in [0.2, 0.25) is 0 Å². The number of rotatable bonds is 3. The number of fused-ring (bicyclic) bond motifs is 1. The summed E-state index contributed by atoms with van der Waals surface area (Å²) >= 11 is 0. The molecule has 0 aliphatic heterocycles. The van der Waals surface area contributed by atoms with E-state index in [2.05, 4.69) is 46.4 Å². The molecule has 1 fully saturated rings. The summed E-state index contributed by atoms with van der Waals surface area (Å²) in [5.74, 6) is 1.05. The Morgan fingerprint density at radius 1 is 1.22 bits per heavy atom. The second-order valence-electron chi connectivity index (χ2n) is 5.30. The molecule has 1 aliphatic rings. The van der Waals surface area contributed by atoms with Gasteiger partial charge in [0.15, 0.2) is 0 Å². The highest BCUT2D eigenvalue weighted by atomic mass is 15.1. The summed E-state index contributed by atoms with van der Waals surface area (Å²) in [6.45, 7) is 2.06. The lowest BCUT2D eigenvalue weighted by atomic mass is 10.1. The first-order valence-electron chi connectivity index (χ1n) is 6.49. The number of pyridine rings is 1. The zero-order valence-electron chi connectivity index (χ0n) is 11.2. The topological polar surface area (TPSA) is 28.2 Å². The van der Waals surface area contributed by atoms with Gasteiger partial charge in [-0.1, -0.05) is 12.1 Å². The van der Waals surface area contributed by atoms with Crippen LogP contribution in [0.25, 0.3) is 10.8 Å². The summed E-state index contributed by atoms with van der Waals surface area (Å²) in [5, 5.41) is 6.10. The van der Waals surface area contributed by atoms with Crippen LogP contribution < -0.4 is 10.2 Å². The van der Waals surface area contributed by atoms with Crippen molar-refractivity contribution in [3.8, 4) is 0 Å². The second kappa shape index (κ2) is 4.16. The van der Waals surface area contributed by atoms with Crippen LogP contribution in [0.5, 0.6) is 0 Å². The standard InChI is InChI=1S/C15H19N3/c1-10-9-13-12(15(16-10)18(2)3)5-4-6-14(13)17-11-7-8-11/h4-6,9,11,17H,7-8H2,1-3H3. The summed E-state index contributed by atoms with van der Waals surface area (Å²) in [6.07, 6.45) is 2.59. The molecule has 3 heteroatoms. The molecule has 1 aliphatic carbocycles. The zero-order chi connectivity index (χ0) is 12.7. The molecule has 18 heavy (non-hydrogen) atoms. The smallest absolute Gasteiger partial charge is 0.136 e. The van der Waals surface area contributed by atoms with Gasteiger partial charge in [-0.05, 0) is 31.9 Å². The lowest BCUT2D eigenvalue weighted by Gasteiger charge is -2.17. The summed E-state index contributed by atoms with van der Waals surface area (Å²) in [7, 11) is 4.09. The summed E-state index contributed by atoms with van der Waals surface area (Å²) in [4.78, 5) is 6.71. The number of nitrogens with zero attached hydrogens (tertiary/aromatic N) is 2. The van der Waals surface area contributed by atoms with Crippen LogP contribution in [-0.4, -0.2) is 25.1 Å². The zero-order valence-corrected chi connectivity index (χ0v) is 11.2. The predicted molar refractivity (Wildman–Crippen MR) is 77.5 cm³/mol. The van der Waals surface area contributed by atoms with Gasteiger partial charge in [-0.3, -0.25) is 0 Å². The summed E-state index contributed by atoms with van der Waals surface area (Å²) in [5.41, 5.74) is 2.31.